The van der Waals surface area contributed by atoms with E-state index in [1.807, 2.05) is 63.2 Å². The van der Waals surface area contributed by atoms with E-state index in [4.69, 9.17) is 5.73 Å². The second-order valence-electron chi connectivity index (χ2n) is 5.65. The molecule has 0 bridgehead atoms. The van der Waals surface area contributed by atoms with Gasteiger partial charge in [-0.05, 0) is 37.5 Å². The van der Waals surface area contributed by atoms with E-state index in [1.165, 1.54) is 5.56 Å². The lowest BCUT2D eigenvalue weighted by molar-refractivity contribution is -0.124. The van der Waals surface area contributed by atoms with Gasteiger partial charge in [0.15, 0.2) is 0 Å². The highest BCUT2D eigenvalue weighted by atomic mass is 16.1. The third-order valence-electron chi connectivity index (χ3n) is 3.90. The summed E-state index contributed by atoms with van der Waals surface area (Å²) in [5, 5.41) is 3.31. The molecule has 0 aliphatic heterocycles. The minimum atomic E-state index is -0.881. The minimum Gasteiger partial charge on any atom is -0.368 e. The van der Waals surface area contributed by atoms with Gasteiger partial charge in [0, 0.05) is 6.54 Å². The molecular formula is C18H22N2O. The van der Waals surface area contributed by atoms with Gasteiger partial charge in [-0.2, -0.15) is 0 Å². The molecule has 3 heteroatoms. The molecule has 1 unspecified atom stereocenters. The highest BCUT2D eigenvalue weighted by Crippen LogP contribution is 2.25. The van der Waals surface area contributed by atoms with Gasteiger partial charge in [0.2, 0.25) is 5.91 Å². The van der Waals surface area contributed by atoms with Gasteiger partial charge in [-0.25, -0.2) is 0 Å². The van der Waals surface area contributed by atoms with Crippen LogP contribution < -0.4 is 11.1 Å². The monoisotopic (exact) mass is 282 g/mol. The van der Waals surface area contributed by atoms with Crippen molar-refractivity contribution in [1.29, 1.82) is 0 Å². The van der Waals surface area contributed by atoms with Crippen LogP contribution in [-0.2, 0) is 16.9 Å². The van der Waals surface area contributed by atoms with Crippen molar-refractivity contribution in [3.63, 3.8) is 0 Å². The smallest absolute Gasteiger partial charge is 0.242 e. The summed E-state index contributed by atoms with van der Waals surface area (Å²) in [6.45, 7) is 6.48. The van der Waals surface area contributed by atoms with Crippen LogP contribution in [0.4, 0.5) is 0 Å². The standard InChI is InChI=1S/C18H22N2O/c1-13-9-10-16(14(2)11-13)18(3,17(19)21)20-12-15-7-5-4-6-8-15/h4-11,20H,12H2,1-3H3,(H2,19,21). The summed E-state index contributed by atoms with van der Waals surface area (Å²) in [6.07, 6.45) is 0. The number of nitrogens with two attached hydrogens (primary N) is 1. The van der Waals surface area contributed by atoms with E-state index < -0.39 is 5.54 Å². The van der Waals surface area contributed by atoms with E-state index in [2.05, 4.69) is 11.4 Å². The predicted molar refractivity (Wildman–Crippen MR) is 85.7 cm³/mol. The largest absolute Gasteiger partial charge is 0.368 e. The summed E-state index contributed by atoms with van der Waals surface area (Å²) in [7, 11) is 0. The van der Waals surface area contributed by atoms with Crippen LogP contribution >= 0.6 is 0 Å². The molecule has 0 fully saturated rings. The van der Waals surface area contributed by atoms with Gasteiger partial charge < -0.3 is 5.73 Å². The fraction of sp³-hybridized carbons (Fsp3) is 0.278. The molecule has 110 valence electrons. The van der Waals surface area contributed by atoms with Crippen molar-refractivity contribution < 1.29 is 4.79 Å². The van der Waals surface area contributed by atoms with Crippen molar-refractivity contribution in [3.8, 4) is 0 Å². The fourth-order valence-corrected chi connectivity index (χ4v) is 2.56. The maximum Gasteiger partial charge on any atom is 0.242 e. The minimum absolute atomic E-state index is 0.370. The molecule has 3 nitrogen and oxygen atoms in total. The first-order valence-electron chi connectivity index (χ1n) is 7.10. The van der Waals surface area contributed by atoms with Crippen molar-refractivity contribution in [2.24, 2.45) is 5.73 Å². The molecule has 21 heavy (non-hydrogen) atoms. The Kier molecular flexibility index (Phi) is 4.43. The quantitative estimate of drug-likeness (QED) is 0.886. The number of rotatable bonds is 5. The number of hydrogen-bond acceptors (Lipinski definition) is 2. The Hall–Kier alpha value is -2.13. The van der Waals surface area contributed by atoms with E-state index >= 15 is 0 Å². The Morgan fingerprint density at radius 1 is 1.14 bits per heavy atom. The molecule has 0 aliphatic rings. The molecule has 0 heterocycles. The molecule has 3 N–H and O–H groups in total. The topological polar surface area (TPSA) is 55.1 Å². The van der Waals surface area contributed by atoms with Crippen molar-refractivity contribution >= 4 is 5.91 Å². The van der Waals surface area contributed by atoms with Crippen LogP contribution in [0.2, 0.25) is 0 Å². The highest BCUT2D eigenvalue weighted by Gasteiger charge is 2.33. The fourth-order valence-electron chi connectivity index (χ4n) is 2.56. The number of hydrogen-bond donors (Lipinski definition) is 2. The second kappa shape index (κ2) is 6.10. The van der Waals surface area contributed by atoms with Gasteiger partial charge in [0.05, 0.1) is 0 Å². The molecule has 0 saturated heterocycles. The van der Waals surface area contributed by atoms with Crippen molar-refractivity contribution in [3.05, 3.63) is 70.8 Å². The first-order chi connectivity index (χ1) is 9.93. The van der Waals surface area contributed by atoms with Gasteiger partial charge in [-0.15, -0.1) is 0 Å². The van der Waals surface area contributed by atoms with Gasteiger partial charge in [-0.3, -0.25) is 10.1 Å². The predicted octanol–water partition coefficient (Wildman–Crippen LogP) is 2.79. The van der Waals surface area contributed by atoms with Crippen LogP contribution in [-0.4, -0.2) is 5.91 Å². The maximum absolute atomic E-state index is 12.0. The van der Waals surface area contributed by atoms with Gasteiger partial charge in [0.25, 0.3) is 0 Å². The van der Waals surface area contributed by atoms with Crippen LogP contribution in [0.1, 0.15) is 29.2 Å². The van der Waals surface area contributed by atoms with Gasteiger partial charge >= 0.3 is 0 Å². The lowest BCUT2D eigenvalue weighted by atomic mass is 9.87. The SMILES string of the molecule is Cc1ccc(C(C)(NCc2ccccc2)C(N)=O)c(C)c1. The van der Waals surface area contributed by atoms with Crippen LogP contribution in [0.5, 0.6) is 0 Å². The molecular weight excluding hydrogens is 260 g/mol. The van der Waals surface area contributed by atoms with E-state index in [1.54, 1.807) is 0 Å². The zero-order chi connectivity index (χ0) is 15.5. The second-order valence-corrected chi connectivity index (χ2v) is 5.65. The Morgan fingerprint density at radius 2 is 1.81 bits per heavy atom. The van der Waals surface area contributed by atoms with Gasteiger partial charge in [-0.1, -0.05) is 54.1 Å². The number of primary amides is 1. The summed E-state index contributed by atoms with van der Waals surface area (Å²) >= 11 is 0. The Morgan fingerprint density at radius 3 is 2.38 bits per heavy atom. The van der Waals surface area contributed by atoms with Crippen LogP contribution in [0.25, 0.3) is 0 Å². The molecule has 1 amide bonds. The Labute approximate surface area is 126 Å². The first-order valence-corrected chi connectivity index (χ1v) is 7.10. The average Bonchev–Trinajstić information content (AvgIpc) is 2.45. The van der Waals surface area contributed by atoms with Crippen LogP contribution in [0, 0.1) is 13.8 Å². The summed E-state index contributed by atoms with van der Waals surface area (Å²) in [5.74, 6) is -0.370. The summed E-state index contributed by atoms with van der Waals surface area (Å²) in [6, 6.07) is 16.0. The average molecular weight is 282 g/mol. The Balaban J connectivity index is 2.30. The molecule has 0 saturated carbocycles. The summed E-state index contributed by atoms with van der Waals surface area (Å²) in [5.41, 5.74) is 9.08. The van der Waals surface area contributed by atoms with E-state index in [0.29, 0.717) is 6.54 Å². The molecule has 0 aromatic heterocycles. The molecule has 2 aromatic rings. The maximum atomic E-state index is 12.0. The van der Waals surface area contributed by atoms with Crippen molar-refractivity contribution in [1.82, 2.24) is 5.32 Å². The first kappa shape index (κ1) is 15.3. The number of benzene rings is 2. The van der Waals surface area contributed by atoms with Crippen molar-refractivity contribution in [2.75, 3.05) is 0 Å². The lowest BCUT2D eigenvalue weighted by Gasteiger charge is -2.30. The zero-order valence-electron chi connectivity index (χ0n) is 12.8. The number of aryl methyl sites for hydroxylation is 2. The molecule has 1 atom stereocenters. The summed E-state index contributed by atoms with van der Waals surface area (Å²) < 4.78 is 0. The molecule has 0 radical (unpaired) electrons. The molecule has 0 spiro atoms. The summed E-state index contributed by atoms with van der Waals surface area (Å²) in [4.78, 5) is 12.0. The van der Waals surface area contributed by atoms with E-state index in [0.717, 1.165) is 16.7 Å². The number of carbonyl (C=O) groups is 1. The van der Waals surface area contributed by atoms with Crippen LogP contribution in [0.15, 0.2) is 48.5 Å². The lowest BCUT2D eigenvalue weighted by Crippen LogP contribution is -2.50. The molecule has 2 aromatic carbocycles. The molecule has 0 aliphatic carbocycles. The number of carbonyl (C=O) groups excluding carboxylic acids is 1. The van der Waals surface area contributed by atoms with E-state index in [9.17, 15) is 4.79 Å². The zero-order valence-corrected chi connectivity index (χ0v) is 12.8. The molecule has 2 rings (SSSR count). The van der Waals surface area contributed by atoms with Crippen LogP contribution in [0.3, 0.4) is 0 Å². The third kappa shape index (κ3) is 3.31. The number of nitrogens with one attached hydrogen (secondary N) is 1. The van der Waals surface area contributed by atoms with E-state index in [-0.39, 0.29) is 5.91 Å². The Bertz CT molecular complexity index is 637. The van der Waals surface area contributed by atoms with Gasteiger partial charge in [0.1, 0.15) is 5.54 Å². The van der Waals surface area contributed by atoms with Crippen molar-refractivity contribution in [2.45, 2.75) is 32.9 Å². The third-order valence-corrected chi connectivity index (χ3v) is 3.90. The highest BCUT2D eigenvalue weighted by molar-refractivity contribution is 5.86. The number of amides is 1. The normalized spacial score (nSPS) is 13.7.